The monoisotopic (exact) mass is 345 g/mol. The fourth-order valence-corrected chi connectivity index (χ4v) is 3.27. The van der Waals surface area contributed by atoms with Crippen LogP contribution in [0, 0.1) is 6.92 Å². The lowest BCUT2D eigenvalue weighted by atomic mass is 10.1. The number of hydrogen-bond donors (Lipinski definition) is 1. The number of amides is 3. The van der Waals surface area contributed by atoms with Crippen molar-refractivity contribution in [1.82, 2.24) is 15.1 Å². The van der Waals surface area contributed by atoms with Gasteiger partial charge in [-0.2, -0.15) is 0 Å². The van der Waals surface area contributed by atoms with Crippen LogP contribution < -0.4 is 5.32 Å². The van der Waals surface area contributed by atoms with Crippen molar-refractivity contribution in [2.75, 3.05) is 39.3 Å². The van der Waals surface area contributed by atoms with E-state index in [2.05, 4.69) is 5.32 Å². The second kappa shape index (κ2) is 8.34. The topological polar surface area (TPSA) is 61.9 Å². The number of carbonyl (C=O) groups excluding carboxylic acids is 2. The van der Waals surface area contributed by atoms with Crippen LogP contribution in [-0.2, 0) is 16.0 Å². The maximum absolute atomic E-state index is 12.4. The molecule has 1 N–H and O–H groups in total. The Balaban J connectivity index is 1.40. The quantitative estimate of drug-likeness (QED) is 0.901. The summed E-state index contributed by atoms with van der Waals surface area (Å²) < 4.78 is 5.52. The van der Waals surface area contributed by atoms with Gasteiger partial charge in [0.1, 0.15) is 0 Å². The van der Waals surface area contributed by atoms with Gasteiger partial charge in [0.15, 0.2) is 0 Å². The summed E-state index contributed by atoms with van der Waals surface area (Å²) >= 11 is 0. The molecule has 0 aromatic heterocycles. The van der Waals surface area contributed by atoms with E-state index in [1.807, 2.05) is 36.1 Å². The van der Waals surface area contributed by atoms with Crippen LogP contribution >= 0.6 is 0 Å². The molecule has 1 aromatic rings. The molecule has 1 aromatic carbocycles. The number of aryl methyl sites for hydroxylation is 1. The summed E-state index contributed by atoms with van der Waals surface area (Å²) in [5.41, 5.74) is 2.23. The van der Waals surface area contributed by atoms with Crippen LogP contribution in [0.25, 0.3) is 0 Å². The fraction of sp³-hybridized carbons (Fsp3) is 0.579. The van der Waals surface area contributed by atoms with Crippen molar-refractivity contribution in [3.63, 3.8) is 0 Å². The highest BCUT2D eigenvalue weighted by molar-refractivity contribution is 5.79. The van der Waals surface area contributed by atoms with E-state index in [9.17, 15) is 9.59 Å². The molecule has 0 bridgehead atoms. The van der Waals surface area contributed by atoms with Crippen molar-refractivity contribution < 1.29 is 14.3 Å². The van der Waals surface area contributed by atoms with Crippen LogP contribution in [0.3, 0.4) is 0 Å². The van der Waals surface area contributed by atoms with Crippen molar-refractivity contribution in [3.05, 3.63) is 35.4 Å². The third-order valence-corrected chi connectivity index (χ3v) is 4.90. The molecular formula is C19H27N3O3. The summed E-state index contributed by atoms with van der Waals surface area (Å²) in [4.78, 5) is 28.3. The molecule has 3 amide bonds. The summed E-state index contributed by atoms with van der Waals surface area (Å²) in [5, 5.41) is 2.94. The van der Waals surface area contributed by atoms with Gasteiger partial charge in [-0.15, -0.1) is 0 Å². The normalized spacial score (nSPS) is 20.6. The minimum Gasteiger partial charge on any atom is -0.376 e. The van der Waals surface area contributed by atoms with Crippen LogP contribution in [0.5, 0.6) is 0 Å². The second-order valence-corrected chi connectivity index (χ2v) is 6.85. The summed E-state index contributed by atoms with van der Waals surface area (Å²) in [6.45, 7) is 5.76. The first kappa shape index (κ1) is 17.7. The van der Waals surface area contributed by atoms with Gasteiger partial charge < -0.3 is 19.9 Å². The number of ether oxygens (including phenoxy) is 1. The van der Waals surface area contributed by atoms with Gasteiger partial charge >= 0.3 is 6.03 Å². The Morgan fingerprint density at radius 2 is 1.80 bits per heavy atom. The molecule has 6 nitrogen and oxygen atoms in total. The van der Waals surface area contributed by atoms with Crippen molar-refractivity contribution in [3.8, 4) is 0 Å². The standard InChI is InChI=1S/C19H27N3O3/c1-15-4-6-16(7-5-15)13-18(23)21-8-10-22(11-9-21)19(24)20-14-17-3-2-12-25-17/h4-7,17H,2-3,8-14H2,1H3,(H,20,24)/t17-/m0/s1. The lowest BCUT2D eigenvalue weighted by molar-refractivity contribution is -0.131. The molecule has 0 saturated carbocycles. The number of urea groups is 1. The highest BCUT2D eigenvalue weighted by atomic mass is 16.5. The molecule has 25 heavy (non-hydrogen) atoms. The van der Waals surface area contributed by atoms with Gasteiger partial charge in [-0.05, 0) is 25.3 Å². The number of hydrogen-bond acceptors (Lipinski definition) is 3. The molecule has 0 unspecified atom stereocenters. The van der Waals surface area contributed by atoms with Gasteiger partial charge in [0.05, 0.1) is 12.5 Å². The third-order valence-electron chi connectivity index (χ3n) is 4.90. The molecule has 0 aliphatic carbocycles. The van der Waals surface area contributed by atoms with Crippen LogP contribution in [0.1, 0.15) is 24.0 Å². The van der Waals surface area contributed by atoms with Crippen LogP contribution in [-0.4, -0.2) is 67.2 Å². The van der Waals surface area contributed by atoms with Crippen molar-refractivity contribution >= 4 is 11.9 Å². The van der Waals surface area contributed by atoms with Gasteiger partial charge in [-0.25, -0.2) is 4.79 Å². The van der Waals surface area contributed by atoms with E-state index in [4.69, 9.17) is 4.74 Å². The van der Waals surface area contributed by atoms with Crippen LogP contribution in [0.2, 0.25) is 0 Å². The van der Waals surface area contributed by atoms with Crippen molar-refractivity contribution in [2.24, 2.45) is 0 Å². The first-order valence-electron chi connectivity index (χ1n) is 9.09. The Morgan fingerprint density at radius 3 is 2.44 bits per heavy atom. The predicted molar refractivity (Wildman–Crippen MR) is 95.4 cm³/mol. The zero-order valence-corrected chi connectivity index (χ0v) is 14.9. The molecule has 2 aliphatic rings. The number of rotatable bonds is 4. The summed E-state index contributed by atoms with van der Waals surface area (Å²) in [5.74, 6) is 0.128. The first-order valence-corrected chi connectivity index (χ1v) is 9.09. The minimum atomic E-state index is -0.0545. The first-order chi connectivity index (χ1) is 12.1. The second-order valence-electron chi connectivity index (χ2n) is 6.85. The van der Waals surface area contributed by atoms with E-state index in [0.717, 1.165) is 25.0 Å². The van der Waals surface area contributed by atoms with Gasteiger partial charge in [-0.3, -0.25) is 4.79 Å². The van der Waals surface area contributed by atoms with Gasteiger partial charge in [0.2, 0.25) is 5.91 Å². The Labute approximate surface area is 149 Å². The van der Waals surface area contributed by atoms with Crippen molar-refractivity contribution in [2.45, 2.75) is 32.3 Å². The lowest BCUT2D eigenvalue weighted by Crippen LogP contribution is -2.54. The van der Waals surface area contributed by atoms with Crippen LogP contribution in [0.4, 0.5) is 4.79 Å². The van der Waals surface area contributed by atoms with E-state index >= 15 is 0 Å². The molecule has 6 heteroatoms. The zero-order valence-electron chi connectivity index (χ0n) is 14.9. The molecule has 2 saturated heterocycles. The number of piperazine rings is 1. The predicted octanol–water partition coefficient (Wildman–Crippen LogP) is 1.57. The van der Waals surface area contributed by atoms with E-state index < -0.39 is 0 Å². The molecule has 0 spiro atoms. The smallest absolute Gasteiger partial charge is 0.317 e. The van der Waals surface area contributed by atoms with Crippen molar-refractivity contribution in [1.29, 1.82) is 0 Å². The maximum atomic E-state index is 12.4. The van der Waals surface area contributed by atoms with Gasteiger partial charge in [0.25, 0.3) is 0 Å². The largest absolute Gasteiger partial charge is 0.376 e. The van der Waals surface area contributed by atoms with Crippen LogP contribution in [0.15, 0.2) is 24.3 Å². The van der Waals surface area contributed by atoms with Gasteiger partial charge in [-0.1, -0.05) is 29.8 Å². The van der Waals surface area contributed by atoms with E-state index in [-0.39, 0.29) is 18.0 Å². The Morgan fingerprint density at radius 1 is 1.12 bits per heavy atom. The van der Waals surface area contributed by atoms with E-state index in [0.29, 0.717) is 39.1 Å². The molecule has 2 heterocycles. The average Bonchev–Trinajstić information content (AvgIpc) is 3.15. The Bertz CT molecular complexity index is 588. The highest BCUT2D eigenvalue weighted by Gasteiger charge is 2.25. The maximum Gasteiger partial charge on any atom is 0.317 e. The molecule has 1 atom stereocenters. The third kappa shape index (κ3) is 4.95. The molecule has 0 radical (unpaired) electrons. The summed E-state index contributed by atoms with van der Waals surface area (Å²) in [6, 6.07) is 8.00. The van der Waals surface area contributed by atoms with E-state index in [1.165, 1.54) is 5.56 Å². The zero-order chi connectivity index (χ0) is 17.6. The van der Waals surface area contributed by atoms with Gasteiger partial charge in [0, 0.05) is 39.3 Å². The number of nitrogens with one attached hydrogen (secondary N) is 1. The SMILES string of the molecule is Cc1ccc(CC(=O)N2CCN(C(=O)NC[C@@H]3CCCO3)CC2)cc1. The molecule has 3 rings (SSSR count). The fourth-order valence-electron chi connectivity index (χ4n) is 3.27. The molecule has 136 valence electrons. The molecule has 2 fully saturated rings. The Kier molecular flexibility index (Phi) is 5.91. The molecular weight excluding hydrogens is 318 g/mol. The lowest BCUT2D eigenvalue weighted by Gasteiger charge is -2.35. The summed E-state index contributed by atoms with van der Waals surface area (Å²) in [7, 11) is 0. The average molecular weight is 345 g/mol. The number of carbonyl (C=O) groups is 2. The Hall–Kier alpha value is -2.08. The number of nitrogens with zero attached hydrogens (tertiary/aromatic N) is 2. The highest BCUT2D eigenvalue weighted by Crippen LogP contribution is 2.11. The molecule has 2 aliphatic heterocycles. The summed E-state index contributed by atoms with van der Waals surface area (Å²) in [6.07, 6.45) is 2.66. The van der Waals surface area contributed by atoms with E-state index in [1.54, 1.807) is 4.90 Å². The number of benzene rings is 1. The minimum absolute atomic E-state index is 0.0545.